The highest BCUT2D eigenvalue weighted by Crippen LogP contribution is 2.28. The summed E-state index contributed by atoms with van der Waals surface area (Å²) in [6, 6.07) is 16.9. The fourth-order valence-electron chi connectivity index (χ4n) is 2.30. The number of hydrogen-bond acceptors (Lipinski definition) is 4. The third-order valence-corrected chi connectivity index (χ3v) is 3.94. The lowest BCUT2D eigenvalue weighted by molar-refractivity contribution is -0.124. The van der Waals surface area contributed by atoms with E-state index < -0.39 is 12.0 Å². The Labute approximate surface area is 153 Å². The maximum atomic E-state index is 11.8. The third-order valence-electron chi connectivity index (χ3n) is 3.94. The average Bonchev–Trinajstić information content (AvgIpc) is 2.69. The number of carbonyl (C=O) groups excluding carboxylic acids is 2. The molecule has 2 aromatic carbocycles. The van der Waals surface area contributed by atoms with E-state index in [1.54, 1.807) is 0 Å². The van der Waals surface area contributed by atoms with Gasteiger partial charge in [-0.05, 0) is 29.5 Å². The van der Waals surface area contributed by atoms with Crippen molar-refractivity contribution in [1.82, 2.24) is 10.9 Å². The standard InChI is InChI=1S/C20H24N2O4/c1-3-15(2)17-11-7-8-12-18(17)25-14-19(23)21-22-20(24)26-13-16-9-5-4-6-10-16/h4-12,15H,3,13-14H2,1-2H3,(H,21,23)(H,22,24). The predicted octanol–water partition coefficient (Wildman–Crippen LogP) is 3.54. The highest BCUT2D eigenvalue weighted by molar-refractivity contribution is 5.80. The van der Waals surface area contributed by atoms with E-state index in [1.165, 1.54) is 0 Å². The van der Waals surface area contributed by atoms with Crippen molar-refractivity contribution >= 4 is 12.0 Å². The Balaban J connectivity index is 1.73. The third kappa shape index (κ3) is 6.12. The highest BCUT2D eigenvalue weighted by Gasteiger charge is 2.11. The van der Waals surface area contributed by atoms with Crippen LogP contribution in [-0.4, -0.2) is 18.6 Å². The van der Waals surface area contributed by atoms with Gasteiger partial charge in [-0.25, -0.2) is 10.2 Å². The maximum absolute atomic E-state index is 11.8. The van der Waals surface area contributed by atoms with E-state index in [2.05, 4.69) is 24.7 Å². The van der Waals surface area contributed by atoms with Gasteiger partial charge in [0.05, 0.1) is 0 Å². The van der Waals surface area contributed by atoms with Gasteiger partial charge in [0, 0.05) is 0 Å². The van der Waals surface area contributed by atoms with Gasteiger partial charge in [-0.1, -0.05) is 62.4 Å². The van der Waals surface area contributed by atoms with Gasteiger partial charge < -0.3 is 9.47 Å². The second-order valence-electron chi connectivity index (χ2n) is 5.87. The molecule has 0 fully saturated rings. The van der Waals surface area contributed by atoms with Crippen LogP contribution in [0, 0.1) is 0 Å². The smallest absolute Gasteiger partial charge is 0.426 e. The zero-order chi connectivity index (χ0) is 18.8. The summed E-state index contributed by atoms with van der Waals surface area (Å²) >= 11 is 0. The molecule has 0 radical (unpaired) electrons. The maximum Gasteiger partial charge on any atom is 0.426 e. The second-order valence-corrected chi connectivity index (χ2v) is 5.87. The quantitative estimate of drug-likeness (QED) is 0.744. The number of ether oxygens (including phenoxy) is 2. The van der Waals surface area contributed by atoms with Crippen molar-refractivity contribution in [3.63, 3.8) is 0 Å². The van der Waals surface area contributed by atoms with Gasteiger partial charge >= 0.3 is 6.09 Å². The number of benzene rings is 2. The number of amides is 2. The molecule has 0 aliphatic carbocycles. The monoisotopic (exact) mass is 356 g/mol. The molecule has 0 bridgehead atoms. The molecule has 2 aromatic rings. The van der Waals surface area contributed by atoms with Gasteiger partial charge in [0.2, 0.25) is 0 Å². The largest absolute Gasteiger partial charge is 0.483 e. The van der Waals surface area contributed by atoms with Gasteiger partial charge in [0.1, 0.15) is 12.4 Å². The molecule has 2 N–H and O–H groups in total. The van der Waals surface area contributed by atoms with Gasteiger partial charge in [-0.3, -0.25) is 10.2 Å². The number of para-hydroxylation sites is 1. The Hall–Kier alpha value is -3.02. The summed E-state index contributed by atoms with van der Waals surface area (Å²) < 4.78 is 10.6. The zero-order valence-electron chi connectivity index (χ0n) is 15.0. The molecule has 0 saturated carbocycles. The van der Waals surface area contributed by atoms with Crippen molar-refractivity contribution in [3.8, 4) is 5.75 Å². The Morgan fingerprint density at radius 2 is 1.69 bits per heavy atom. The predicted molar refractivity (Wildman–Crippen MR) is 98.5 cm³/mol. The van der Waals surface area contributed by atoms with Crippen molar-refractivity contribution in [2.45, 2.75) is 32.8 Å². The van der Waals surface area contributed by atoms with E-state index in [4.69, 9.17) is 9.47 Å². The van der Waals surface area contributed by atoms with Crippen LogP contribution >= 0.6 is 0 Å². The molecule has 0 saturated heterocycles. The minimum atomic E-state index is -0.734. The molecule has 2 amide bonds. The van der Waals surface area contributed by atoms with Crippen LogP contribution in [0.25, 0.3) is 0 Å². The van der Waals surface area contributed by atoms with Crippen LogP contribution < -0.4 is 15.6 Å². The Morgan fingerprint density at radius 1 is 1.00 bits per heavy atom. The fourth-order valence-corrected chi connectivity index (χ4v) is 2.30. The van der Waals surface area contributed by atoms with Gasteiger partial charge in [0.15, 0.2) is 6.61 Å². The van der Waals surface area contributed by atoms with E-state index in [0.717, 1.165) is 17.5 Å². The minimum Gasteiger partial charge on any atom is -0.483 e. The molecule has 0 heterocycles. The van der Waals surface area contributed by atoms with Crippen molar-refractivity contribution < 1.29 is 19.1 Å². The van der Waals surface area contributed by atoms with Gasteiger partial charge in [0.25, 0.3) is 5.91 Å². The van der Waals surface area contributed by atoms with Crippen LogP contribution in [0.1, 0.15) is 37.3 Å². The van der Waals surface area contributed by atoms with Crippen LogP contribution in [0.2, 0.25) is 0 Å². The van der Waals surface area contributed by atoms with Crippen LogP contribution in [0.5, 0.6) is 5.75 Å². The first-order chi connectivity index (χ1) is 12.6. The molecule has 138 valence electrons. The summed E-state index contributed by atoms with van der Waals surface area (Å²) in [6.45, 7) is 4.12. The minimum absolute atomic E-state index is 0.126. The molecule has 26 heavy (non-hydrogen) atoms. The van der Waals surface area contributed by atoms with Crippen LogP contribution in [-0.2, 0) is 16.1 Å². The van der Waals surface area contributed by atoms with E-state index >= 15 is 0 Å². The van der Waals surface area contributed by atoms with Crippen LogP contribution in [0.15, 0.2) is 54.6 Å². The summed E-state index contributed by atoms with van der Waals surface area (Å²) in [5, 5.41) is 0. The lowest BCUT2D eigenvalue weighted by Crippen LogP contribution is -2.44. The highest BCUT2D eigenvalue weighted by atomic mass is 16.6. The number of nitrogens with one attached hydrogen (secondary N) is 2. The summed E-state index contributed by atoms with van der Waals surface area (Å²) in [6.07, 6.45) is 0.240. The zero-order valence-corrected chi connectivity index (χ0v) is 15.0. The van der Waals surface area contributed by atoms with Crippen molar-refractivity contribution in [2.75, 3.05) is 6.61 Å². The van der Waals surface area contributed by atoms with Crippen LogP contribution in [0.3, 0.4) is 0 Å². The molecule has 6 nitrogen and oxygen atoms in total. The Morgan fingerprint density at radius 3 is 2.42 bits per heavy atom. The Kier molecular flexibility index (Phi) is 7.49. The molecular formula is C20H24N2O4. The van der Waals surface area contributed by atoms with Crippen LogP contribution in [0.4, 0.5) is 4.79 Å². The van der Waals surface area contributed by atoms with E-state index in [9.17, 15) is 9.59 Å². The van der Waals surface area contributed by atoms with Gasteiger partial charge in [-0.15, -0.1) is 0 Å². The number of hydrogen-bond donors (Lipinski definition) is 2. The summed E-state index contributed by atoms with van der Waals surface area (Å²) in [4.78, 5) is 23.4. The molecule has 6 heteroatoms. The number of rotatable bonds is 7. The molecule has 0 spiro atoms. The molecule has 0 aliphatic heterocycles. The second kappa shape index (κ2) is 10.1. The van der Waals surface area contributed by atoms with Crippen molar-refractivity contribution in [1.29, 1.82) is 0 Å². The SMILES string of the molecule is CCC(C)c1ccccc1OCC(=O)NNC(=O)OCc1ccccc1. The number of carbonyl (C=O) groups is 2. The lowest BCUT2D eigenvalue weighted by atomic mass is 9.98. The Bertz CT molecular complexity index is 719. The van der Waals surface area contributed by atoms with E-state index in [-0.39, 0.29) is 13.2 Å². The van der Waals surface area contributed by atoms with Crippen molar-refractivity contribution in [2.24, 2.45) is 0 Å². The molecule has 1 atom stereocenters. The molecule has 2 rings (SSSR count). The average molecular weight is 356 g/mol. The first-order valence-electron chi connectivity index (χ1n) is 8.57. The summed E-state index contributed by atoms with van der Waals surface area (Å²) in [5.74, 6) is 0.532. The molecule has 0 aromatic heterocycles. The molecular weight excluding hydrogens is 332 g/mol. The van der Waals surface area contributed by atoms with E-state index in [0.29, 0.717) is 11.7 Å². The normalized spacial score (nSPS) is 11.3. The summed E-state index contributed by atoms with van der Waals surface area (Å²) in [7, 11) is 0. The summed E-state index contributed by atoms with van der Waals surface area (Å²) in [5.41, 5.74) is 6.37. The first kappa shape index (κ1) is 19.3. The number of hydrazine groups is 1. The van der Waals surface area contributed by atoms with Crippen molar-refractivity contribution in [3.05, 3.63) is 65.7 Å². The van der Waals surface area contributed by atoms with Gasteiger partial charge in [-0.2, -0.15) is 0 Å². The first-order valence-corrected chi connectivity index (χ1v) is 8.57. The van der Waals surface area contributed by atoms with E-state index in [1.807, 2.05) is 54.6 Å². The molecule has 1 unspecified atom stereocenters. The molecule has 0 aliphatic rings. The fraction of sp³-hybridized carbons (Fsp3) is 0.300. The topological polar surface area (TPSA) is 76.7 Å². The lowest BCUT2D eigenvalue weighted by Gasteiger charge is -2.15.